The highest BCUT2D eigenvalue weighted by molar-refractivity contribution is 5.79. The molecule has 0 saturated heterocycles. The van der Waals surface area contributed by atoms with E-state index in [1.54, 1.807) is 0 Å². The van der Waals surface area contributed by atoms with Crippen molar-refractivity contribution < 1.29 is 14.6 Å². The van der Waals surface area contributed by atoms with Crippen LogP contribution in [-0.2, 0) is 9.53 Å². The van der Waals surface area contributed by atoms with Crippen molar-refractivity contribution in [2.24, 2.45) is 5.92 Å². The van der Waals surface area contributed by atoms with Crippen LogP contribution in [0.15, 0.2) is 0 Å². The molecule has 14 heavy (non-hydrogen) atoms. The summed E-state index contributed by atoms with van der Waals surface area (Å²) in [5.41, 5.74) is -1.20. The van der Waals surface area contributed by atoms with Crippen LogP contribution in [0.25, 0.3) is 0 Å². The first-order valence-corrected chi connectivity index (χ1v) is 5.43. The Bertz CT molecular complexity index is 193. The number of hydrogen-bond acceptors (Lipinski definition) is 3. The average Bonchev–Trinajstić information content (AvgIpc) is 2.21. The second-order valence-electron chi connectivity index (χ2n) is 4.26. The first kappa shape index (κ1) is 11.5. The minimum Gasteiger partial charge on any atom is -0.467 e. The second-order valence-corrected chi connectivity index (χ2v) is 4.26. The predicted octanol–water partition coefficient (Wildman–Crippen LogP) is 1.88. The number of rotatable bonds is 3. The van der Waals surface area contributed by atoms with Crippen LogP contribution in [0.3, 0.4) is 0 Å². The first-order chi connectivity index (χ1) is 6.62. The van der Waals surface area contributed by atoms with Gasteiger partial charge in [0.25, 0.3) is 0 Å². The maximum absolute atomic E-state index is 11.3. The van der Waals surface area contributed by atoms with Crippen molar-refractivity contribution in [3.8, 4) is 0 Å². The third kappa shape index (κ3) is 2.47. The molecular weight excluding hydrogens is 180 g/mol. The van der Waals surface area contributed by atoms with Crippen molar-refractivity contribution in [3.05, 3.63) is 0 Å². The van der Waals surface area contributed by atoms with E-state index in [4.69, 9.17) is 0 Å². The minimum atomic E-state index is -1.20. The molecule has 1 rings (SSSR count). The van der Waals surface area contributed by atoms with Crippen molar-refractivity contribution in [1.29, 1.82) is 0 Å². The van der Waals surface area contributed by atoms with Crippen LogP contribution in [0.1, 0.15) is 45.4 Å². The minimum absolute atomic E-state index is 0.465. The number of esters is 1. The highest BCUT2D eigenvalue weighted by Crippen LogP contribution is 2.34. The second kappa shape index (κ2) is 4.78. The molecule has 1 aliphatic rings. The van der Waals surface area contributed by atoms with Gasteiger partial charge in [-0.3, -0.25) is 0 Å². The largest absolute Gasteiger partial charge is 0.467 e. The molecule has 0 aromatic heterocycles. The van der Waals surface area contributed by atoms with E-state index in [9.17, 15) is 9.90 Å². The van der Waals surface area contributed by atoms with Gasteiger partial charge in [0, 0.05) is 0 Å². The normalized spacial score (nSPS) is 32.6. The number of methoxy groups -OCH3 is 1. The van der Waals surface area contributed by atoms with Crippen LogP contribution in [0.2, 0.25) is 0 Å². The van der Waals surface area contributed by atoms with Crippen LogP contribution in [-0.4, -0.2) is 23.8 Å². The van der Waals surface area contributed by atoms with E-state index in [-0.39, 0.29) is 0 Å². The fourth-order valence-electron chi connectivity index (χ4n) is 2.25. The predicted molar refractivity (Wildman–Crippen MR) is 53.8 cm³/mol. The molecule has 0 spiro atoms. The highest BCUT2D eigenvalue weighted by Gasteiger charge is 2.40. The van der Waals surface area contributed by atoms with Gasteiger partial charge in [-0.25, -0.2) is 4.79 Å². The van der Waals surface area contributed by atoms with Crippen molar-refractivity contribution in [3.63, 3.8) is 0 Å². The Hall–Kier alpha value is -0.570. The molecule has 0 atom stereocenters. The van der Waals surface area contributed by atoms with Crippen LogP contribution in [0.4, 0.5) is 0 Å². The summed E-state index contributed by atoms with van der Waals surface area (Å²) in [5, 5.41) is 9.95. The lowest BCUT2D eigenvalue weighted by Crippen LogP contribution is -2.42. The Morgan fingerprint density at radius 1 is 1.50 bits per heavy atom. The molecule has 1 aliphatic carbocycles. The Labute approximate surface area is 85.5 Å². The van der Waals surface area contributed by atoms with E-state index in [0.717, 1.165) is 12.8 Å². The van der Waals surface area contributed by atoms with Crippen molar-refractivity contribution in [1.82, 2.24) is 0 Å². The smallest absolute Gasteiger partial charge is 0.337 e. The van der Waals surface area contributed by atoms with Crippen molar-refractivity contribution in [2.45, 2.75) is 51.0 Å². The average molecular weight is 200 g/mol. The summed E-state index contributed by atoms with van der Waals surface area (Å²) < 4.78 is 4.60. The van der Waals surface area contributed by atoms with E-state index >= 15 is 0 Å². The third-order valence-corrected chi connectivity index (χ3v) is 3.19. The summed E-state index contributed by atoms with van der Waals surface area (Å²) in [6.45, 7) is 2.17. The molecule has 82 valence electrons. The zero-order chi connectivity index (χ0) is 10.6. The molecule has 0 aromatic rings. The van der Waals surface area contributed by atoms with Crippen molar-refractivity contribution >= 4 is 5.97 Å². The zero-order valence-electron chi connectivity index (χ0n) is 9.08. The summed E-state index contributed by atoms with van der Waals surface area (Å²) in [5.74, 6) is 0.220. The maximum atomic E-state index is 11.3. The number of hydrogen-bond donors (Lipinski definition) is 1. The van der Waals surface area contributed by atoms with E-state index in [1.807, 2.05) is 0 Å². The molecule has 1 saturated carbocycles. The number of aliphatic hydroxyl groups is 1. The number of ether oxygens (including phenoxy) is 1. The fourth-order valence-corrected chi connectivity index (χ4v) is 2.25. The summed E-state index contributed by atoms with van der Waals surface area (Å²) in [7, 11) is 1.33. The van der Waals surface area contributed by atoms with Gasteiger partial charge in [0.1, 0.15) is 0 Å². The molecule has 0 aromatic carbocycles. The summed E-state index contributed by atoms with van der Waals surface area (Å²) in [6.07, 6.45) is 5.39. The zero-order valence-corrected chi connectivity index (χ0v) is 9.08. The van der Waals surface area contributed by atoms with Gasteiger partial charge in [0.05, 0.1) is 7.11 Å². The SMILES string of the molecule is CCCC1CCC(O)(C(=O)OC)CC1. The van der Waals surface area contributed by atoms with E-state index in [1.165, 1.54) is 20.0 Å². The van der Waals surface area contributed by atoms with Crippen LogP contribution < -0.4 is 0 Å². The molecule has 1 N–H and O–H groups in total. The fraction of sp³-hybridized carbons (Fsp3) is 0.909. The van der Waals surface area contributed by atoms with Gasteiger partial charge < -0.3 is 9.84 Å². The topological polar surface area (TPSA) is 46.5 Å². The highest BCUT2D eigenvalue weighted by atomic mass is 16.5. The van der Waals surface area contributed by atoms with Crippen LogP contribution in [0, 0.1) is 5.92 Å². The van der Waals surface area contributed by atoms with E-state index in [0.29, 0.717) is 18.8 Å². The van der Waals surface area contributed by atoms with Gasteiger partial charge in [-0.2, -0.15) is 0 Å². The standard InChI is InChI=1S/C11H20O3/c1-3-4-9-5-7-11(13,8-6-9)10(12)14-2/h9,13H,3-8H2,1-2H3. The van der Waals surface area contributed by atoms with Gasteiger partial charge in [0.2, 0.25) is 0 Å². The molecule has 0 bridgehead atoms. The first-order valence-electron chi connectivity index (χ1n) is 5.43. The summed E-state index contributed by atoms with van der Waals surface area (Å²) >= 11 is 0. The number of carbonyl (C=O) groups excluding carboxylic acids is 1. The Morgan fingerprint density at radius 3 is 2.50 bits per heavy atom. The van der Waals surface area contributed by atoms with Crippen molar-refractivity contribution in [2.75, 3.05) is 7.11 Å². The molecule has 1 fully saturated rings. The van der Waals surface area contributed by atoms with Gasteiger partial charge in [0.15, 0.2) is 5.60 Å². The molecule has 0 unspecified atom stereocenters. The molecule has 0 heterocycles. The van der Waals surface area contributed by atoms with Gasteiger partial charge in [-0.15, -0.1) is 0 Å². The Morgan fingerprint density at radius 2 is 2.07 bits per heavy atom. The molecule has 0 amide bonds. The maximum Gasteiger partial charge on any atom is 0.337 e. The quantitative estimate of drug-likeness (QED) is 0.707. The molecule has 0 aliphatic heterocycles. The number of carbonyl (C=O) groups is 1. The molecule has 3 nitrogen and oxygen atoms in total. The lowest BCUT2D eigenvalue weighted by atomic mass is 9.77. The lowest BCUT2D eigenvalue weighted by molar-refractivity contribution is -0.166. The lowest BCUT2D eigenvalue weighted by Gasteiger charge is -2.33. The summed E-state index contributed by atoms with van der Waals surface area (Å²) in [6, 6.07) is 0. The Kier molecular flexibility index (Phi) is 3.93. The van der Waals surface area contributed by atoms with Crippen LogP contribution >= 0.6 is 0 Å². The van der Waals surface area contributed by atoms with Gasteiger partial charge in [-0.1, -0.05) is 19.8 Å². The Balaban J connectivity index is 2.44. The molecule has 3 heteroatoms. The monoisotopic (exact) mass is 200 g/mol. The molecule has 0 radical (unpaired) electrons. The van der Waals surface area contributed by atoms with Gasteiger partial charge in [-0.05, 0) is 31.6 Å². The molecular formula is C11H20O3. The van der Waals surface area contributed by atoms with Crippen LogP contribution in [0.5, 0.6) is 0 Å². The van der Waals surface area contributed by atoms with E-state index < -0.39 is 11.6 Å². The van der Waals surface area contributed by atoms with Gasteiger partial charge >= 0.3 is 5.97 Å². The summed E-state index contributed by atoms with van der Waals surface area (Å²) in [4.78, 5) is 11.3. The third-order valence-electron chi connectivity index (χ3n) is 3.19. The van der Waals surface area contributed by atoms with E-state index in [2.05, 4.69) is 11.7 Å².